The van der Waals surface area contributed by atoms with Crippen LogP contribution >= 0.6 is 11.8 Å². The van der Waals surface area contributed by atoms with E-state index in [-0.39, 0.29) is 5.78 Å². The molecule has 0 aromatic heterocycles. The molecule has 1 heterocycles. The third-order valence-electron chi connectivity index (χ3n) is 3.30. The van der Waals surface area contributed by atoms with Gasteiger partial charge in [-0.2, -0.15) is 0 Å². The van der Waals surface area contributed by atoms with Crippen LogP contribution in [0.1, 0.15) is 42.1 Å². The quantitative estimate of drug-likeness (QED) is 0.552. The smallest absolute Gasteiger partial charge is 0.182 e. The summed E-state index contributed by atoms with van der Waals surface area (Å²) >= 11 is 1.73. The van der Waals surface area contributed by atoms with Crippen LogP contribution in [0.2, 0.25) is 0 Å². The van der Waals surface area contributed by atoms with Crippen molar-refractivity contribution in [3.05, 3.63) is 47.0 Å². The normalized spacial score (nSPS) is 14.1. The summed E-state index contributed by atoms with van der Waals surface area (Å²) in [7, 11) is 0. The number of carbonyl (C=O) groups excluding carboxylic acids is 1. The lowest BCUT2D eigenvalue weighted by atomic mass is 10.0. The van der Waals surface area contributed by atoms with E-state index in [9.17, 15) is 4.79 Å². The first-order valence-corrected chi connectivity index (χ1v) is 7.99. The Hall–Kier alpha value is -1.22. The summed E-state index contributed by atoms with van der Waals surface area (Å²) in [5.41, 5.74) is 2.16. The number of rotatable bonds is 7. The number of carbonyl (C=O) groups is 1. The Morgan fingerprint density at radius 3 is 2.68 bits per heavy atom. The van der Waals surface area contributed by atoms with Gasteiger partial charge in [0.15, 0.2) is 5.78 Å². The van der Waals surface area contributed by atoms with Crippen LogP contribution in [0, 0.1) is 0 Å². The molecule has 3 heteroatoms. The summed E-state index contributed by atoms with van der Waals surface area (Å²) < 4.78 is 0. The van der Waals surface area contributed by atoms with Crippen molar-refractivity contribution in [3.63, 3.8) is 0 Å². The first-order chi connectivity index (χ1) is 9.29. The Bertz CT molecular complexity index is 439. The van der Waals surface area contributed by atoms with Gasteiger partial charge in [-0.25, -0.2) is 0 Å². The first-order valence-electron chi connectivity index (χ1n) is 6.94. The highest BCUT2D eigenvalue weighted by atomic mass is 32.2. The molecule has 0 saturated heterocycles. The zero-order valence-corrected chi connectivity index (χ0v) is 12.3. The van der Waals surface area contributed by atoms with Crippen LogP contribution < -0.4 is 0 Å². The molecule has 0 unspecified atom stereocenters. The molecule has 0 N–H and O–H groups in total. The van der Waals surface area contributed by atoms with Crippen LogP contribution in [0.4, 0.5) is 0 Å². The summed E-state index contributed by atoms with van der Waals surface area (Å²) in [6, 6.07) is 8.13. The van der Waals surface area contributed by atoms with Gasteiger partial charge in [0.25, 0.3) is 0 Å². The fourth-order valence-corrected chi connectivity index (χ4v) is 2.83. The lowest BCUT2D eigenvalue weighted by Crippen LogP contribution is -2.22. The fourth-order valence-electron chi connectivity index (χ4n) is 2.12. The lowest BCUT2D eigenvalue weighted by molar-refractivity contribution is 0.0963. The molecule has 102 valence electrons. The molecule has 2 nitrogen and oxygen atoms in total. The van der Waals surface area contributed by atoms with Crippen LogP contribution in [0.25, 0.3) is 0 Å². The Morgan fingerprint density at radius 2 is 2.05 bits per heavy atom. The van der Waals surface area contributed by atoms with E-state index >= 15 is 0 Å². The highest BCUT2D eigenvalue weighted by Gasteiger charge is 2.12. The molecule has 19 heavy (non-hydrogen) atoms. The molecule has 0 bridgehead atoms. The van der Waals surface area contributed by atoms with Gasteiger partial charge in [-0.15, -0.1) is 11.8 Å². The largest absolute Gasteiger partial charge is 0.360 e. The van der Waals surface area contributed by atoms with Gasteiger partial charge in [-0.3, -0.25) is 4.79 Å². The number of ketones is 1. The van der Waals surface area contributed by atoms with Crippen molar-refractivity contribution in [2.75, 3.05) is 12.4 Å². The number of aryl methyl sites for hydroxylation is 1. The standard InChI is InChI=1S/C16H21NOS/c1-2-3-4-5-14-6-8-15(9-7-14)16(18)12-17-10-11-19-13-17/h6-11H,2-5,12-13H2,1H3. The van der Waals surface area contributed by atoms with Crippen molar-refractivity contribution < 1.29 is 4.79 Å². The molecule has 1 aromatic carbocycles. The van der Waals surface area contributed by atoms with Crippen molar-refractivity contribution in [2.24, 2.45) is 0 Å². The third kappa shape index (κ3) is 4.43. The minimum atomic E-state index is 0.201. The van der Waals surface area contributed by atoms with E-state index in [1.54, 1.807) is 11.8 Å². The van der Waals surface area contributed by atoms with E-state index in [4.69, 9.17) is 0 Å². The summed E-state index contributed by atoms with van der Waals surface area (Å²) in [6.45, 7) is 2.70. The Labute approximate surface area is 119 Å². The summed E-state index contributed by atoms with van der Waals surface area (Å²) in [6.07, 6.45) is 6.87. The minimum Gasteiger partial charge on any atom is -0.360 e. The highest BCUT2D eigenvalue weighted by Crippen LogP contribution is 2.16. The second-order valence-electron chi connectivity index (χ2n) is 4.90. The van der Waals surface area contributed by atoms with Crippen molar-refractivity contribution in [3.8, 4) is 0 Å². The van der Waals surface area contributed by atoms with Gasteiger partial charge in [-0.05, 0) is 23.8 Å². The molecule has 1 aromatic rings. The molecule has 0 aliphatic carbocycles. The van der Waals surface area contributed by atoms with E-state index in [1.807, 2.05) is 28.6 Å². The predicted molar refractivity (Wildman–Crippen MR) is 82.3 cm³/mol. The van der Waals surface area contributed by atoms with E-state index in [0.29, 0.717) is 6.54 Å². The van der Waals surface area contributed by atoms with Gasteiger partial charge in [0.2, 0.25) is 0 Å². The maximum atomic E-state index is 12.1. The Balaban J connectivity index is 1.86. The SMILES string of the molecule is CCCCCc1ccc(C(=O)CN2C=CSC2)cc1. The first kappa shape index (κ1) is 14.2. The molecule has 0 fully saturated rings. The molecule has 1 aliphatic rings. The maximum Gasteiger partial charge on any atom is 0.182 e. The number of Topliss-reactive ketones (excluding diaryl/α,β-unsaturated/α-hetero) is 1. The van der Waals surface area contributed by atoms with Crippen LogP contribution in [0.5, 0.6) is 0 Å². The van der Waals surface area contributed by atoms with Crippen molar-refractivity contribution >= 4 is 17.5 Å². The van der Waals surface area contributed by atoms with Gasteiger partial charge < -0.3 is 4.90 Å². The predicted octanol–water partition coefficient (Wildman–Crippen LogP) is 4.08. The number of nitrogens with zero attached hydrogens (tertiary/aromatic N) is 1. The summed E-state index contributed by atoms with van der Waals surface area (Å²) in [4.78, 5) is 14.1. The van der Waals surface area contributed by atoms with Gasteiger partial charge >= 0.3 is 0 Å². The average molecular weight is 275 g/mol. The molecule has 0 amide bonds. The topological polar surface area (TPSA) is 20.3 Å². The number of thioether (sulfide) groups is 1. The van der Waals surface area contributed by atoms with E-state index in [0.717, 1.165) is 17.9 Å². The van der Waals surface area contributed by atoms with E-state index < -0.39 is 0 Å². The maximum absolute atomic E-state index is 12.1. The van der Waals surface area contributed by atoms with Gasteiger partial charge in [0, 0.05) is 11.8 Å². The van der Waals surface area contributed by atoms with E-state index in [1.165, 1.54) is 24.8 Å². The van der Waals surface area contributed by atoms with Gasteiger partial charge in [-0.1, -0.05) is 44.0 Å². The van der Waals surface area contributed by atoms with Gasteiger partial charge in [0.1, 0.15) is 0 Å². The zero-order chi connectivity index (χ0) is 13.5. The molecule has 1 aliphatic heterocycles. The molecular formula is C16H21NOS. The number of hydrogen-bond acceptors (Lipinski definition) is 3. The lowest BCUT2D eigenvalue weighted by Gasteiger charge is -2.13. The van der Waals surface area contributed by atoms with Crippen LogP contribution in [-0.4, -0.2) is 23.1 Å². The number of benzene rings is 1. The monoisotopic (exact) mass is 275 g/mol. The van der Waals surface area contributed by atoms with Crippen LogP contribution in [0.3, 0.4) is 0 Å². The highest BCUT2D eigenvalue weighted by molar-refractivity contribution is 8.02. The van der Waals surface area contributed by atoms with Crippen molar-refractivity contribution in [1.29, 1.82) is 0 Å². The molecular weight excluding hydrogens is 254 g/mol. The molecule has 0 saturated carbocycles. The van der Waals surface area contributed by atoms with E-state index in [2.05, 4.69) is 19.1 Å². The Kier molecular flexibility index (Phi) is 5.52. The molecule has 0 atom stereocenters. The summed E-state index contributed by atoms with van der Waals surface area (Å²) in [5.74, 6) is 1.09. The van der Waals surface area contributed by atoms with Gasteiger partial charge in [0.05, 0.1) is 12.4 Å². The fraction of sp³-hybridized carbons (Fsp3) is 0.438. The number of hydrogen-bond donors (Lipinski definition) is 0. The minimum absolute atomic E-state index is 0.201. The number of unbranched alkanes of at least 4 members (excludes halogenated alkanes) is 2. The summed E-state index contributed by atoms with van der Waals surface area (Å²) in [5, 5.41) is 2.03. The second kappa shape index (κ2) is 7.39. The zero-order valence-electron chi connectivity index (χ0n) is 11.5. The molecule has 2 rings (SSSR count). The average Bonchev–Trinajstić information content (AvgIpc) is 2.93. The second-order valence-corrected chi connectivity index (χ2v) is 5.77. The molecule has 0 spiro atoms. The third-order valence-corrected chi connectivity index (χ3v) is 4.09. The van der Waals surface area contributed by atoms with Crippen molar-refractivity contribution in [1.82, 2.24) is 4.90 Å². The molecule has 0 radical (unpaired) electrons. The Morgan fingerprint density at radius 1 is 1.26 bits per heavy atom. The van der Waals surface area contributed by atoms with Crippen LogP contribution in [0.15, 0.2) is 35.9 Å². The van der Waals surface area contributed by atoms with Crippen molar-refractivity contribution in [2.45, 2.75) is 32.6 Å². The van der Waals surface area contributed by atoms with Crippen LogP contribution in [-0.2, 0) is 6.42 Å².